The number of benzene rings is 1. The van der Waals surface area contributed by atoms with Crippen LogP contribution in [0.3, 0.4) is 0 Å². The van der Waals surface area contributed by atoms with Gasteiger partial charge in [-0.15, -0.1) is 0 Å². The molecule has 4 nitrogen and oxygen atoms in total. The van der Waals surface area contributed by atoms with E-state index in [1.165, 1.54) is 17.0 Å². The molecule has 4 rings (SSSR count). The normalized spacial score (nSPS) is 19.1. The van der Waals surface area contributed by atoms with Crippen molar-refractivity contribution in [1.29, 1.82) is 0 Å². The smallest absolute Gasteiger partial charge is 0.174 e. The Morgan fingerprint density at radius 3 is 2.41 bits per heavy atom. The van der Waals surface area contributed by atoms with E-state index >= 15 is 0 Å². The lowest BCUT2D eigenvalue weighted by atomic mass is 9.96. The third-order valence-electron chi connectivity index (χ3n) is 5.56. The molecule has 0 saturated carbocycles. The van der Waals surface area contributed by atoms with Gasteiger partial charge in [0.25, 0.3) is 0 Å². The molecule has 0 amide bonds. The average molecular weight is 469 g/mol. The number of halogens is 1. The summed E-state index contributed by atoms with van der Waals surface area (Å²) < 4.78 is 3.45. The number of thiocarbonyl (C=S) groups is 1. The first-order chi connectivity index (χ1) is 13.9. The highest BCUT2D eigenvalue weighted by molar-refractivity contribution is 9.10. The molecule has 2 aromatic heterocycles. The van der Waals surface area contributed by atoms with Crippen LogP contribution >= 0.6 is 28.1 Å². The number of anilines is 1. The molecule has 1 aliphatic rings. The molecule has 3 heterocycles. The Kier molecular flexibility index (Phi) is 5.49. The van der Waals surface area contributed by atoms with E-state index in [4.69, 9.17) is 12.2 Å². The van der Waals surface area contributed by atoms with E-state index in [9.17, 15) is 0 Å². The van der Waals surface area contributed by atoms with E-state index in [-0.39, 0.29) is 12.1 Å². The topological polar surface area (TPSA) is 33.1 Å². The predicted molar refractivity (Wildman–Crippen MR) is 126 cm³/mol. The summed E-state index contributed by atoms with van der Waals surface area (Å²) in [6.45, 7) is 8.84. The van der Waals surface area contributed by atoms with Gasteiger partial charge in [0.05, 0.1) is 17.8 Å². The van der Waals surface area contributed by atoms with Crippen molar-refractivity contribution in [3.63, 3.8) is 0 Å². The lowest BCUT2D eigenvalue weighted by Gasteiger charge is -2.28. The molecule has 29 heavy (non-hydrogen) atoms. The summed E-state index contributed by atoms with van der Waals surface area (Å²) in [7, 11) is 0. The second-order valence-electron chi connectivity index (χ2n) is 7.76. The molecule has 150 valence electrons. The molecule has 6 heteroatoms. The first kappa shape index (κ1) is 20.1. The van der Waals surface area contributed by atoms with Crippen molar-refractivity contribution in [3.05, 3.63) is 81.8 Å². The summed E-state index contributed by atoms with van der Waals surface area (Å²) >= 11 is 9.35. The van der Waals surface area contributed by atoms with E-state index in [0.717, 1.165) is 21.0 Å². The highest BCUT2D eigenvalue weighted by atomic mass is 79.9. The zero-order valence-corrected chi connectivity index (χ0v) is 19.5. The lowest BCUT2D eigenvalue weighted by molar-refractivity contribution is 0.547. The fraction of sp³-hybridized carbons (Fsp3) is 0.304. The maximum absolute atomic E-state index is 5.81. The van der Waals surface area contributed by atoms with Crippen molar-refractivity contribution in [3.8, 4) is 0 Å². The minimum atomic E-state index is -0.0199. The maximum atomic E-state index is 5.81. The molecule has 0 radical (unpaired) electrons. The van der Waals surface area contributed by atoms with Gasteiger partial charge < -0.3 is 14.8 Å². The van der Waals surface area contributed by atoms with Crippen LogP contribution in [-0.2, 0) is 0 Å². The summed E-state index contributed by atoms with van der Waals surface area (Å²) in [4.78, 5) is 6.87. The van der Waals surface area contributed by atoms with Crippen LogP contribution in [0.1, 0.15) is 54.6 Å². The average Bonchev–Trinajstić information content (AvgIpc) is 3.19. The van der Waals surface area contributed by atoms with Crippen LogP contribution in [0.2, 0.25) is 0 Å². The molecule has 1 fully saturated rings. The van der Waals surface area contributed by atoms with Crippen molar-refractivity contribution < 1.29 is 0 Å². The van der Waals surface area contributed by atoms with E-state index in [1.54, 1.807) is 0 Å². The van der Waals surface area contributed by atoms with Gasteiger partial charge in [0, 0.05) is 33.8 Å². The molecular weight excluding hydrogens is 444 g/mol. The molecule has 1 N–H and O–H groups in total. The number of hydrogen-bond acceptors (Lipinski definition) is 2. The molecule has 1 saturated heterocycles. The molecule has 0 unspecified atom stereocenters. The van der Waals surface area contributed by atoms with Gasteiger partial charge in [-0.2, -0.15) is 0 Å². The zero-order valence-electron chi connectivity index (χ0n) is 17.1. The van der Waals surface area contributed by atoms with Crippen molar-refractivity contribution >= 4 is 38.9 Å². The van der Waals surface area contributed by atoms with Crippen LogP contribution in [0, 0.1) is 13.8 Å². The minimum Gasteiger partial charge on any atom is -0.351 e. The van der Waals surface area contributed by atoms with E-state index in [2.05, 4.69) is 99.8 Å². The third kappa shape index (κ3) is 3.60. The van der Waals surface area contributed by atoms with Crippen LogP contribution in [0.4, 0.5) is 5.69 Å². The van der Waals surface area contributed by atoms with Crippen molar-refractivity contribution in [2.75, 3.05) is 4.90 Å². The largest absolute Gasteiger partial charge is 0.351 e. The summed E-state index contributed by atoms with van der Waals surface area (Å²) in [5, 5.41) is 4.27. The van der Waals surface area contributed by atoms with E-state index in [0.29, 0.717) is 6.04 Å². The number of nitrogens with one attached hydrogen (secondary N) is 1. The van der Waals surface area contributed by atoms with Crippen LogP contribution in [0.15, 0.2) is 59.2 Å². The first-order valence-corrected chi connectivity index (χ1v) is 11.0. The number of nitrogens with zero attached hydrogens (tertiary/aromatic N) is 3. The molecule has 2 atom stereocenters. The Labute approximate surface area is 186 Å². The van der Waals surface area contributed by atoms with Crippen LogP contribution in [0.25, 0.3) is 0 Å². The SMILES string of the molecule is Cc1cc([C@@H]2[C@@H](c3ccccn3)NC(=S)N2c2ccc(Br)cc2)c(C)n1C(C)C. The van der Waals surface area contributed by atoms with Crippen LogP contribution in [0.5, 0.6) is 0 Å². The summed E-state index contributed by atoms with van der Waals surface area (Å²) in [5.74, 6) is 0. The van der Waals surface area contributed by atoms with E-state index in [1.807, 2.05) is 18.3 Å². The second kappa shape index (κ2) is 7.92. The maximum Gasteiger partial charge on any atom is 0.174 e. The fourth-order valence-corrected chi connectivity index (χ4v) is 5.06. The first-order valence-electron chi connectivity index (χ1n) is 9.83. The molecular formula is C23H25BrN4S. The van der Waals surface area contributed by atoms with Crippen LogP contribution < -0.4 is 10.2 Å². The number of hydrogen-bond donors (Lipinski definition) is 1. The van der Waals surface area contributed by atoms with E-state index < -0.39 is 0 Å². The molecule has 1 aromatic carbocycles. The standard InChI is InChI=1S/C23H25BrN4S/c1-14(2)27-15(3)13-19(16(27)4)22-21(20-7-5-6-12-25-20)26-23(29)28(22)18-10-8-17(24)9-11-18/h5-14,21-22H,1-4H3,(H,26,29)/t21-,22-/m1/s1. The Balaban J connectivity index is 1.88. The van der Waals surface area contributed by atoms with Gasteiger partial charge >= 0.3 is 0 Å². The van der Waals surface area contributed by atoms with Crippen LogP contribution in [-0.4, -0.2) is 14.7 Å². The monoisotopic (exact) mass is 468 g/mol. The summed E-state index contributed by atoms with van der Waals surface area (Å²) in [5.41, 5.74) is 5.89. The van der Waals surface area contributed by atoms with Gasteiger partial charge in [0.15, 0.2) is 5.11 Å². The Morgan fingerprint density at radius 2 is 1.83 bits per heavy atom. The molecule has 1 aliphatic heterocycles. The summed E-state index contributed by atoms with van der Waals surface area (Å²) in [6, 6.07) is 17.1. The van der Waals surface area contributed by atoms with Gasteiger partial charge in [0.1, 0.15) is 0 Å². The van der Waals surface area contributed by atoms with Gasteiger partial charge in [-0.3, -0.25) is 4.98 Å². The minimum absolute atomic E-state index is 0.0199. The predicted octanol–water partition coefficient (Wildman–Crippen LogP) is 6.02. The number of aryl methyl sites for hydroxylation is 1. The molecule has 0 spiro atoms. The Morgan fingerprint density at radius 1 is 1.10 bits per heavy atom. The van der Waals surface area contributed by atoms with Gasteiger partial charge in [-0.25, -0.2) is 0 Å². The highest BCUT2D eigenvalue weighted by Gasteiger charge is 2.42. The van der Waals surface area contributed by atoms with Gasteiger partial charge in [-0.1, -0.05) is 22.0 Å². The fourth-order valence-electron chi connectivity index (χ4n) is 4.45. The molecule has 0 aliphatic carbocycles. The Bertz CT molecular complexity index is 1030. The van der Waals surface area contributed by atoms with Crippen molar-refractivity contribution in [2.45, 2.75) is 45.8 Å². The lowest BCUT2D eigenvalue weighted by Crippen LogP contribution is -2.29. The van der Waals surface area contributed by atoms with Crippen molar-refractivity contribution in [1.82, 2.24) is 14.9 Å². The highest BCUT2D eigenvalue weighted by Crippen LogP contribution is 2.43. The second-order valence-corrected chi connectivity index (χ2v) is 9.07. The number of pyridine rings is 1. The quantitative estimate of drug-likeness (QED) is 0.474. The molecule has 0 bridgehead atoms. The third-order valence-corrected chi connectivity index (χ3v) is 6.40. The molecule has 3 aromatic rings. The van der Waals surface area contributed by atoms with Crippen molar-refractivity contribution in [2.24, 2.45) is 0 Å². The zero-order chi connectivity index (χ0) is 20.7. The number of aromatic nitrogens is 2. The Hall–Kier alpha value is -2.18. The van der Waals surface area contributed by atoms with Gasteiger partial charge in [-0.05, 0) is 87.9 Å². The number of rotatable bonds is 4. The van der Waals surface area contributed by atoms with Gasteiger partial charge in [0.2, 0.25) is 0 Å². The summed E-state index contributed by atoms with van der Waals surface area (Å²) in [6.07, 6.45) is 1.84.